The molecule has 34 heavy (non-hydrogen) atoms. The fourth-order valence-electron chi connectivity index (χ4n) is 3.55. The van der Waals surface area contributed by atoms with E-state index in [1.54, 1.807) is 36.4 Å². The number of fused-ring (bicyclic) bond motifs is 1. The number of H-pyrrole nitrogens is 1. The molecule has 0 aliphatic heterocycles. The van der Waals surface area contributed by atoms with Gasteiger partial charge in [-0.05, 0) is 63.8 Å². The molecule has 170 valence electrons. The first-order chi connectivity index (χ1) is 16.5. The van der Waals surface area contributed by atoms with Gasteiger partial charge in [0.05, 0.1) is 4.47 Å². The molecule has 2 N–H and O–H groups in total. The van der Waals surface area contributed by atoms with Crippen molar-refractivity contribution in [1.29, 1.82) is 5.26 Å². The lowest BCUT2D eigenvalue weighted by Crippen LogP contribution is -2.26. The number of benzene rings is 3. The number of carbonyl (C=O) groups excluding carboxylic acids is 1. The third-order valence-electron chi connectivity index (χ3n) is 5.33. The van der Waals surface area contributed by atoms with E-state index >= 15 is 0 Å². The zero-order valence-corrected chi connectivity index (χ0v) is 19.7. The number of halogens is 2. The summed E-state index contributed by atoms with van der Waals surface area (Å²) in [5, 5.41) is 13.4. The van der Waals surface area contributed by atoms with Crippen LogP contribution in [-0.4, -0.2) is 17.4 Å². The summed E-state index contributed by atoms with van der Waals surface area (Å²) in [6.45, 7) is 0.495. The standard InChI is InChI=1S/C27H21BrFN3O2/c28-23-14-18(9-10-26(23)34-17-20-5-1-3-7-24(20)29)13-21(15-30)27(33)31-12-11-19-16-32-25-8-4-2-6-22(19)25/h1-10,13-14,16,32H,11-12,17H2,(H,31,33). The summed E-state index contributed by atoms with van der Waals surface area (Å²) in [5.41, 5.74) is 3.27. The van der Waals surface area contributed by atoms with Crippen LogP contribution in [0.25, 0.3) is 17.0 Å². The van der Waals surface area contributed by atoms with Crippen LogP contribution in [0.4, 0.5) is 4.39 Å². The number of amides is 1. The van der Waals surface area contributed by atoms with Gasteiger partial charge in [-0.25, -0.2) is 4.39 Å². The molecule has 1 amide bonds. The largest absolute Gasteiger partial charge is 0.488 e. The van der Waals surface area contributed by atoms with Crippen molar-refractivity contribution < 1.29 is 13.9 Å². The van der Waals surface area contributed by atoms with Crippen LogP contribution in [0.15, 0.2) is 83.0 Å². The van der Waals surface area contributed by atoms with Crippen LogP contribution >= 0.6 is 15.9 Å². The molecule has 0 saturated heterocycles. The molecule has 0 spiro atoms. The maximum Gasteiger partial charge on any atom is 0.261 e. The first kappa shape index (κ1) is 23.3. The van der Waals surface area contributed by atoms with E-state index in [-0.39, 0.29) is 18.0 Å². The predicted molar refractivity (Wildman–Crippen MR) is 133 cm³/mol. The average Bonchev–Trinajstić information content (AvgIpc) is 3.26. The third kappa shape index (κ3) is 5.53. The highest BCUT2D eigenvalue weighted by molar-refractivity contribution is 9.10. The lowest BCUT2D eigenvalue weighted by atomic mass is 10.1. The molecule has 0 fully saturated rings. The van der Waals surface area contributed by atoms with Crippen molar-refractivity contribution in [3.8, 4) is 11.8 Å². The summed E-state index contributed by atoms with van der Waals surface area (Å²) in [5.74, 6) is -0.229. The molecule has 0 unspecified atom stereocenters. The van der Waals surface area contributed by atoms with E-state index < -0.39 is 5.91 Å². The summed E-state index contributed by atoms with van der Waals surface area (Å²) >= 11 is 3.44. The van der Waals surface area contributed by atoms with Crippen molar-refractivity contribution >= 4 is 38.8 Å². The van der Waals surface area contributed by atoms with Crippen molar-refractivity contribution in [2.45, 2.75) is 13.0 Å². The van der Waals surface area contributed by atoms with Gasteiger partial charge in [-0.2, -0.15) is 5.26 Å². The third-order valence-corrected chi connectivity index (χ3v) is 5.95. The molecule has 4 rings (SSSR count). The summed E-state index contributed by atoms with van der Waals surface area (Å²) in [6, 6.07) is 21.6. The van der Waals surface area contributed by atoms with Crippen LogP contribution in [0.3, 0.4) is 0 Å². The minimum absolute atomic E-state index is 0.00542. The number of nitrogens with one attached hydrogen (secondary N) is 2. The number of aromatic amines is 1. The van der Waals surface area contributed by atoms with E-state index in [0.29, 0.717) is 34.3 Å². The molecule has 0 aliphatic carbocycles. The van der Waals surface area contributed by atoms with Gasteiger partial charge in [0, 0.05) is 29.2 Å². The van der Waals surface area contributed by atoms with Crippen LogP contribution in [0.1, 0.15) is 16.7 Å². The molecular weight excluding hydrogens is 497 g/mol. The fraction of sp³-hybridized carbons (Fsp3) is 0.111. The lowest BCUT2D eigenvalue weighted by molar-refractivity contribution is -0.117. The first-order valence-electron chi connectivity index (χ1n) is 10.7. The Hall–Kier alpha value is -3.89. The number of rotatable bonds is 8. The van der Waals surface area contributed by atoms with Gasteiger partial charge in [-0.1, -0.05) is 42.5 Å². The number of hydrogen-bond acceptors (Lipinski definition) is 3. The number of para-hydroxylation sites is 1. The Kier molecular flexibility index (Phi) is 7.41. The zero-order valence-electron chi connectivity index (χ0n) is 18.1. The molecule has 4 aromatic rings. The SMILES string of the molecule is N#CC(=Cc1ccc(OCc2ccccc2F)c(Br)c1)C(=O)NCCc1c[nH]c2ccccc12. The number of carbonyl (C=O) groups is 1. The normalized spacial score (nSPS) is 11.3. The number of ether oxygens (including phenoxy) is 1. The highest BCUT2D eigenvalue weighted by Crippen LogP contribution is 2.28. The quantitative estimate of drug-likeness (QED) is 0.225. The van der Waals surface area contributed by atoms with E-state index in [4.69, 9.17) is 4.74 Å². The Labute approximate surface area is 205 Å². The fourth-order valence-corrected chi connectivity index (χ4v) is 4.07. The van der Waals surface area contributed by atoms with Gasteiger partial charge >= 0.3 is 0 Å². The lowest BCUT2D eigenvalue weighted by Gasteiger charge is -2.10. The van der Waals surface area contributed by atoms with Gasteiger partial charge in [0.2, 0.25) is 0 Å². The minimum atomic E-state index is -0.432. The predicted octanol–water partition coefficient (Wildman–Crippen LogP) is 5.91. The second-order valence-corrected chi connectivity index (χ2v) is 8.46. The van der Waals surface area contributed by atoms with E-state index in [0.717, 1.165) is 16.5 Å². The molecule has 0 saturated carbocycles. The highest BCUT2D eigenvalue weighted by Gasteiger charge is 2.11. The molecule has 7 heteroatoms. The Bertz CT molecular complexity index is 1400. The number of nitriles is 1. The van der Waals surface area contributed by atoms with E-state index in [9.17, 15) is 14.4 Å². The summed E-state index contributed by atoms with van der Waals surface area (Å²) in [6.07, 6.45) is 4.10. The van der Waals surface area contributed by atoms with Crippen molar-refractivity contribution in [3.63, 3.8) is 0 Å². The molecule has 3 aromatic carbocycles. The van der Waals surface area contributed by atoms with Crippen molar-refractivity contribution in [2.75, 3.05) is 6.54 Å². The van der Waals surface area contributed by atoms with Crippen molar-refractivity contribution in [1.82, 2.24) is 10.3 Å². The Morgan fingerprint density at radius 3 is 2.71 bits per heavy atom. The molecular formula is C27H21BrFN3O2. The van der Waals surface area contributed by atoms with Crippen LogP contribution in [0, 0.1) is 17.1 Å². The number of hydrogen-bond donors (Lipinski definition) is 2. The van der Waals surface area contributed by atoms with Crippen LogP contribution in [0.5, 0.6) is 5.75 Å². The van der Waals surface area contributed by atoms with Gasteiger partial charge in [0.15, 0.2) is 0 Å². The van der Waals surface area contributed by atoms with E-state index in [1.807, 2.05) is 36.5 Å². The minimum Gasteiger partial charge on any atom is -0.488 e. The first-order valence-corrected chi connectivity index (χ1v) is 11.4. The van der Waals surface area contributed by atoms with Gasteiger partial charge in [0.1, 0.15) is 29.8 Å². The second kappa shape index (κ2) is 10.8. The highest BCUT2D eigenvalue weighted by atomic mass is 79.9. The monoisotopic (exact) mass is 517 g/mol. The van der Waals surface area contributed by atoms with Gasteiger partial charge in [0.25, 0.3) is 5.91 Å². The molecule has 0 aliphatic rings. The molecule has 1 heterocycles. The van der Waals surface area contributed by atoms with Crippen LogP contribution < -0.4 is 10.1 Å². The molecule has 5 nitrogen and oxygen atoms in total. The number of nitrogens with zero attached hydrogens (tertiary/aromatic N) is 1. The molecule has 0 atom stereocenters. The maximum atomic E-state index is 13.8. The molecule has 0 bridgehead atoms. The average molecular weight is 518 g/mol. The van der Waals surface area contributed by atoms with Crippen LogP contribution in [0.2, 0.25) is 0 Å². The zero-order chi connectivity index (χ0) is 23.9. The Morgan fingerprint density at radius 2 is 1.91 bits per heavy atom. The molecule has 0 radical (unpaired) electrons. The molecule has 1 aromatic heterocycles. The van der Waals surface area contributed by atoms with E-state index in [2.05, 4.69) is 26.2 Å². The second-order valence-electron chi connectivity index (χ2n) is 7.61. The smallest absolute Gasteiger partial charge is 0.261 e. The Balaban J connectivity index is 1.37. The van der Waals surface area contributed by atoms with Gasteiger partial charge < -0.3 is 15.0 Å². The Morgan fingerprint density at radius 1 is 1.12 bits per heavy atom. The maximum absolute atomic E-state index is 13.8. The summed E-state index contributed by atoms with van der Waals surface area (Å²) in [7, 11) is 0. The van der Waals surface area contributed by atoms with E-state index in [1.165, 1.54) is 12.1 Å². The topological polar surface area (TPSA) is 77.9 Å². The van der Waals surface area contributed by atoms with Crippen molar-refractivity contribution in [3.05, 3.63) is 105 Å². The van der Waals surface area contributed by atoms with Crippen LogP contribution in [-0.2, 0) is 17.8 Å². The summed E-state index contributed by atoms with van der Waals surface area (Å²) < 4.78 is 20.1. The number of aromatic nitrogens is 1. The van der Waals surface area contributed by atoms with Gasteiger partial charge in [-0.15, -0.1) is 0 Å². The van der Waals surface area contributed by atoms with Crippen molar-refractivity contribution in [2.24, 2.45) is 0 Å². The van der Waals surface area contributed by atoms with Gasteiger partial charge in [-0.3, -0.25) is 4.79 Å². The summed E-state index contributed by atoms with van der Waals surface area (Å²) in [4.78, 5) is 15.7.